The molecule has 0 amide bonds. The van der Waals surface area contributed by atoms with E-state index >= 15 is 0 Å². The van der Waals surface area contributed by atoms with Gasteiger partial charge in [-0.15, -0.1) is 0 Å². The maximum Gasteiger partial charge on any atom is 0.162 e. The Labute approximate surface area is 172 Å². The van der Waals surface area contributed by atoms with Gasteiger partial charge in [0.2, 0.25) is 0 Å². The quantitative estimate of drug-likeness (QED) is 0.679. The molecule has 5 rings (SSSR count). The van der Waals surface area contributed by atoms with Gasteiger partial charge in [0.1, 0.15) is 5.82 Å². The smallest absolute Gasteiger partial charge is 0.162 e. The minimum atomic E-state index is 0.348. The first-order chi connectivity index (χ1) is 14.3. The maximum absolute atomic E-state index is 5.72. The molecule has 5 heteroatoms. The van der Waals surface area contributed by atoms with Crippen molar-refractivity contribution in [2.24, 2.45) is 0 Å². The van der Waals surface area contributed by atoms with Gasteiger partial charge in [-0.1, -0.05) is 42.5 Å². The van der Waals surface area contributed by atoms with Crippen LogP contribution in [0.2, 0.25) is 0 Å². The van der Waals surface area contributed by atoms with Crippen LogP contribution in [0.4, 0.5) is 5.82 Å². The molecule has 0 bridgehead atoms. The second-order valence-electron chi connectivity index (χ2n) is 8.15. The first-order valence-corrected chi connectivity index (χ1v) is 10.7. The van der Waals surface area contributed by atoms with Crippen molar-refractivity contribution in [1.82, 2.24) is 14.9 Å². The van der Waals surface area contributed by atoms with Gasteiger partial charge in [0.25, 0.3) is 0 Å². The number of rotatable bonds is 3. The topological polar surface area (TPSA) is 41.5 Å². The van der Waals surface area contributed by atoms with Gasteiger partial charge >= 0.3 is 0 Å². The number of piperidine rings is 1. The van der Waals surface area contributed by atoms with Crippen LogP contribution in [0.5, 0.6) is 0 Å². The molecule has 29 heavy (non-hydrogen) atoms. The molecule has 3 aromatic rings. The largest absolute Gasteiger partial charge is 0.376 e. The zero-order valence-electron chi connectivity index (χ0n) is 17.0. The van der Waals surface area contributed by atoms with Gasteiger partial charge in [-0.3, -0.25) is 4.90 Å². The number of ether oxygens (including phenoxy) is 1. The van der Waals surface area contributed by atoms with Crippen LogP contribution in [-0.2, 0) is 4.74 Å². The Hall–Kier alpha value is -2.50. The number of nitrogens with zero attached hydrogens (tertiary/aromatic N) is 4. The monoisotopic (exact) mass is 388 g/mol. The standard InChI is InChI=1S/C24H28N4O/c1-18-17-28(15-16-29-18)20-11-13-27(14-12-20)24-21-9-5-6-10-22(21)25-23(26-24)19-7-3-2-4-8-19/h2-10,18,20H,11-17H2,1H3. The highest BCUT2D eigenvalue weighted by molar-refractivity contribution is 5.91. The Balaban J connectivity index is 1.41. The molecule has 5 nitrogen and oxygen atoms in total. The molecule has 0 radical (unpaired) electrons. The lowest BCUT2D eigenvalue weighted by molar-refractivity contribution is -0.0373. The Bertz CT molecular complexity index is 969. The van der Waals surface area contributed by atoms with Crippen LogP contribution in [0.25, 0.3) is 22.3 Å². The normalized spacial score (nSPS) is 21.6. The van der Waals surface area contributed by atoms with E-state index in [4.69, 9.17) is 14.7 Å². The van der Waals surface area contributed by atoms with E-state index in [0.29, 0.717) is 12.1 Å². The number of hydrogen-bond donors (Lipinski definition) is 0. The number of hydrogen-bond acceptors (Lipinski definition) is 5. The second kappa shape index (κ2) is 8.09. The summed E-state index contributed by atoms with van der Waals surface area (Å²) in [6.45, 7) is 7.22. The molecule has 1 aromatic heterocycles. The van der Waals surface area contributed by atoms with Crippen molar-refractivity contribution >= 4 is 16.7 Å². The molecule has 2 fully saturated rings. The highest BCUT2D eigenvalue weighted by Gasteiger charge is 2.29. The van der Waals surface area contributed by atoms with Crippen molar-refractivity contribution in [3.63, 3.8) is 0 Å². The van der Waals surface area contributed by atoms with Gasteiger partial charge in [-0.05, 0) is 31.9 Å². The molecule has 2 aliphatic rings. The van der Waals surface area contributed by atoms with Gasteiger partial charge in [0.15, 0.2) is 5.82 Å². The van der Waals surface area contributed by atoms with Crippen molar-refractivity contribution in [2.75, 3.05) is 37.7 Å². The van der Waals surface area contributed by atoms with E-state index in [1.165, 1.54) is 12.8 Å². The molecule has 150 valence electrons. The van der Waals surface area contributed by atoms with Crippen LogP contribution in [0.1, 0.15) is 19.8 Å². The van der Waals surface area contributed by atoms with Crippen molar-refractivity contribution in [3.05, 3.63) is 54.6 Å². The van der Waals surface area contributed by atoms with Crippen molar-refractivity contribution in [3.8, 4) is 11.4 Å². The number of morpholine rings is 1. The summed E-state index contributed by atoms with van der Waals surface area (Å²) in [5.74, 6) is 1.88. The van der Waals surface area contributed by atoms with Gasteiger partial charge in [-0.25, -0.2) is 9.97 Å². The summed E-state index contributed by atoms with van der Waals surface area (Å²) in [5, 5.41) is 1.14. The molecule has 2 saturated heterocycles. The molecular formula is C24H28N4O. The third kappa shape index (κ3) is 3.85. The molecule has 1 atom stereocenters. The molecular weight excluding hydrogens is 360 g/mol. The third-order valence-corrected chi connectivity index (χ3v) is 6.17. The van der Waals surface area contributed by atoms with Crippen LogP contribution in [0.15, 0.2) is 54.6 Å². The lowest BCUT2D eigenvalue weighted by Gasteiger charge is -2.42. The van der Waals surface area contributed by atoms with Gasteiger partial charge in [0.05, 0.1) is 18.2 Å². The second-order valence-corrected chi connectivity index (χ2v) is 8.15. The first-order valence-electron chi connectivity index (χ1n) is 10.7. The molecule has 2 aromatic carbocycles. The van der Waals surface area contributed by atoms with E-state index in [2.05, 4.69) is 53.1 Å². The fraction of sp³-hybridized carbons (Fsp3) is 0.417. The fourth-order valence-corrected chi connectivity index (χ4v) is 4.64. The van der Waals surface area contributed by atoms with Crippen LogP contribution in [0.3, 0.4) is 0 Å². The average Bonchev–Trinajstić information content (AvgIpc) is 2.79. The third-order valence-electron chi connectivity index (χ3n) is 6.17. The molecule has 0 spiro atoms. The molecule has 2 aliphatic heterocycles. The number of benzene rings is 2. The van der Waals surface area contributed by atoms with Crippen molar-refractivity contribution in [1.29, 1.82) is 0 Å². The van der Waals surface area contributed by atoms with Gasteiger partial charge in [0, 0.05) is 43.2 Å². The van der Waals surface area contributed by atoms with Crippen LogP contribution in [0, 0.1) is 0 Å². The Morgan fingerprint density at radius 1 is 0.897 bits per heavy atom. The van der Waals surface area contributed by atoms with Crippen molar-refractivity contribution < 1.29 is 4.74 Å². The van der Waals surface area contributed by atoms with E-state index in [0.717, 1.165) is 60.9 Å². The SMILES string of the molecule is CC1CN(C2CCN(c3nc(-c4ccccc4)nc4ccccc34)CC2)CCO1. The van der Waals surface area contributed by atoms with Gasteiger partial charge in [-0.2, -0.15) is 0 Å². The van der Waals surface area contributed by atoms with E-state index in [1.807, 2.05) is 18.2 Å². The van der Waals surface area contributed by atoms with Crippen LogP contribution >= 0.6 is 0 Å². The highest BCUT2D eigenvalue weighted by atomic mass is 16.5. The van der Waals surface area contributed by atoms with Crippen LogP contribution < -0.4 is 4.90 Å². The summed E-state index contributed by atoms with van der Waals surface area (Å²) < 4.78 is 5.72. The fourth-order valence-electron chi connectivity index (χ4n) is 4.64. The predicted octanol–water partition coefficient (Wildman–Crippen LogP) is 3.99. The summed E-state index contributed by atoms with van der Waals surface area (Å²) in [7, 11) is 0. The number of para-hydroxylation sites is 1. The van der Waals surface area contributed by atoms with Gasteiger partial charge < -0.3 is 9.64 Å². The Morgan fingerprint density at radius 3 is 2.45 bits per heavy atom. The van der Waals surface area contributed by atoms with E-state index in [1.54, 1.807) is 0 Å². The summed E-state index contributed by atoms with van der Waals surface area (Å²) in [5.41, 5.74) is 2.08. The zero-order valence-corrected chi connectivity index (χ0v) is 17.0. The summed E-state index contributed by atoms with van der Waals surface area (Å²) in [6.07, 6.45) is 2.69. The van der Waals surface area contributed by atoms with E-state index in [-0.39, 0.29) is 0 Å². The minimum absolute atomic E-state index is 0.348. The Morgan fingerprint density at radius 2 is 1.66 bits per heavy atom. The van der Waals surface area contributed by atoms with E-state index < -0.39 is 0 Å². The molecule has 1 unspecified atom stereocenters. The first kappa shape index (κ1) is 18.5. The summed E-state index contributed by atoms with van der Waals surface area (Å²) in [4.78, 5) is 14.9. The maximum atomic E-state index is 5.72. The summed E-state index contributed by atoms with van der Waals surface area (Å²) in [6, 6.07) is 19.3. The number of aromatic nitrogens is 2. The average molecular weight is 389 g/mol. The summed E-state index contributed by atoms with van der Waals surface area (Å²) >= 11 is 0. The highest BCUT2D eigenvalue weighted by Crippen LogP contribution is 2.30. The predicted molar refractivity (Wildman–Crippen MR) is 117 cm³/mol. The zero-order chi connectivity index (χ0) is 19.6. The van der Waals surface area contributed by atoms with Crippen LogP contribution in [-0.4, -0.2) is 59.8 Å². The lowest BCUT2D eigenvalue weighted by atomic mass is 10.0. The number of fused-ring (bicyclic) bond motifs is 1. The van der Waals surface area contributed by atoms with Crippen molar-refractivity contribution in [2.45, 2.75) is 31.9 Å². The van der Waals surface area contributed by atoms with E-state index in [9.17, 15) is 0 Å². The lowest BCUT2D eigenvalue weighted by Crippen LogP contribution is -2.51. The Kier molecular flexibility index (Phi) is 5.17. The molecule has 0 aliphatic carbocycles. The molecule has 0 N–H and O–H groups in total. The molecule has 0 saturated carbocycles. The molecule has 3 heterocycles. The number of anilines is 1. The minimum Gasteiger partial charge on any atom is -0.376 e.